The zero-order chi connectivity index (χ0) is 49.8. The minimum atomic E-state index is -0.495. The molecule has 0 heterocycles. The van der Waals surface area contributed by atoms with Crippen LogP contribution in [0.1, 0.15) is 44.5 Å². The van der Waals surface area contributed by atoms with Gasteiger partial charge in [-0.25, -0.2) is 0 Å². The van der Waals surface area contributed by atoms with Gasteiger partial charge in [0, 0.05) is 16.9 Å². The lowest BCUT2D eigenvalue weighted by Gasteiger charge is -2.34. The van der Waals surface area contributed by atoms with Gasteiger partial charge in [-0.2, -0.15) is 0 Å². The molecule has 1 nitrogen and oxygen atoms in total. The smallest absolute Gasteiger partial charge is 0.0713 e. The van der Waals surface area contributed by atoms with Crippen molar-refractivity contribution in [2.75, 3.05) is 4.90 Å². The van der Waals surface area contributed by atoms with E-state index in [0.717, 1.165) is 39.3 Å². The van der Waals surface area contributed by atoms with Crippen molar-refractivity contribution in [3.63, 3.8) is 0 Å². The van der Waals surface area contributed by atoms with Crippen molar-refractivity contribution in [2.45, 2.75) is 10.8 Å². The van der Waals surface area contributed by atoms with Crippen molar-refractivity contribution in [3.8, 4) is 55.6 Å². The highest BCUT2D eigenvalue weighted by Crippen LogP contribution is 2.58. The molecular weight excluding hydrogens is 903 g/mol. The van der Waals surface area contributed by atoms with Crippen molar-refractivity contribution in [3.05, 3.63) is 354 Å². The maximum absolute atomic E-state index is 2.47. The lowest BCUT2D eigenvalue weighted by atomic mass is 9.67. The molecule has 2 aliphatic rings. The first kappa shape index (κ1) is 44.2. The second kappa shape index (κ2) is 18.2. The molecule has 0 spiro atoms. The SMILES string of the molecule is c1ccc(-c2ccccc2N(c2cccc(-c3ccc4c(c3)C(c3ccccc3)(c3ccccc3)c3ccccc3-4)c2)c2cccc(-c3ccc4c(c3)C(c3ccccc3)(c3ccccc3)c3ccccc3-4)c2)cc1. The van der Waals surface area contributed by atoms with E-state index in [4.69, 9.17) is 0 Å². The normalized spacial score (nSPS) is 13.3. The molecule has 0 aromatic heterocycles. The minimum Gasteiger partial charge on any atom is -0.310 e. The maximum Gasteiger partial charge on any atom is 0.0713 e. The molecule has 14 rings (SSSR count). The van der Waals surface area contributed by atoms with Gasteiger partial charge in [-0.1, -0.05) is 267 Å². The standard InChI is InChI=1S/C74H51N/c1-6-24-52(25-7-1)63-38-18-21-43-72(63)75(61-36-22-26-53(48-61)55-44-46-66-64-39-16-19-41-68(64)73(70(66)50-55,57-28-8-2-9-29-57)58-30-10-3-11-31-58)62-37-23-27-54(49-62)56-45-47-67-65-40-17-20-42-69(65)74(71(67)51-56,59-32-12-4-13-33-59)60-34-14-5-15-35-60/h1-51H. The summed E-state index contributed by atoms with van der Waals surface area (Å²) in [6, 6.07) is 114. The molecular formula is C74H51N. The first-order chi connectivity index (χ1) is 37.2. The topological polar surface area (TPSA) is 3.24 Å². The zero-order valence-corrected chi connectivity index (χ0v) is 41.4. The highest BCUT2D eigenvalue weighted by molar-refractivity contribution is 5.93. The van der Waals surface area contributed by atoms with Crippen LogP contribution in [0.4, 0.5) is 17.1 Å². The van der Waals surface area contributed by atoms with Crippen LogP contribution in [0.15, 0.2) is 309 Å². The fraction of sp³-hybridized carbons (Fsp3) is 0.0270. The predicted octanol–water partition coefficient (Wildman–Crippen LogP) is 18.9. The van der Waals surface area contributed by atoms with E-state index in [2.05, 4.69) is 314 Å². The fourth-order valence-corrected chi connectivity index (χ4v) is 12.9. The van der Waals surface area contributed by atoms with Crippen LogP contribution in [0.3, 0.4) is 0 Å². The molecule has 0 fully saturated rings. The number of benzene rings is 12. The summed E-state index contributed by atoms with van der Waals surface area (Å²) in [5.41, 5.74) is 24.6. The quantitative estimate of drug-likeness (QED) is 0.132. The van der Waals surface area contributed by atoms with Crippen LogP contribution in [-0.4, -0.2) is 0 Å². The van der Waals surface area contributed by atoms with Crippen molar-refractivity contribution in [1.29, 1.82) is 0 Å². The molecule has 0 aliphatic heterocycles. The molecule has 0 unspecified atom stereocenters. The summed E-state index contributed by atoms with van der Waals surface area (Å²) in [4.78, 5) is 2.46. The van der Waals surface area contributed by atoms with Crippen LogP contribution in [0.5, 0.6) is 0 Å². The number of rotatable bonds is 10. The number of anilines is 3. The van der Waals surface area contributed by atoms with Crippen molar-refractivity contribution >= 4 is 17.1 Å². The van der Waals surface area contributed by atoms with Crippen molar-refractivity contribution in [1.82, 2.24) is 0 Å². The molecule has 12 aromatic rings. The molecule has 75 heavy (non-hydrogen) atoms. The van der Waals surface area contributed by atoms with E-state index in [0.29, 0.717) is 0 Å². The van der Waals surface area contributed by atoms with E-state index < -0.39 is 10.8 Å². The third-order valence-electron chi connectivity index (χ3n) is 16.0. The number of nitrogens with zero attached hydrogens (tertiary/aromatic N) is 1. The van der Waals surface area contributed by atoms with E-state index in [1.807, 2.05) is 0 Å². The lowest BCUT2D eigenvalue weighted by Crippen LogP contribution is -2.28. The molecule has 352 valence electrons. The first-order valence-corrected chi connectivity index (χ1v) is 26.1. The lowest BCUT2D eigenvalue weighted by molar-refractivity contribution is 0.769. The monoisotopic (exact) mass is 953 g/mol. The summed E-state index contributed by atoms with van der Waals surface area (Å²) in [6.45, 7) is 0. The molecule has 0 saturated heterocycles. The van der Waals surface area contributed by atoms with E-state index in [-0.39, 0.29) is 0 Å². The molecule has 0 bridgehead atoms. The molecule has 0 atom stereocenters. The number of fused-ring (bicyclic) bond motifs is 6. The second-order valence-corrected chi connectivity index (χ2v) is 19.9. The van der Waals surface area contributed by atoms with E-state index in [1.165, 1.54) is 77.9 Å². The van der Waals surface area contributed by atoms with Crippen molar-refractivity contribution < 1.29 is 0 Å². The number of para-hydroxylation sites is 1. The Kier molecular flexibility index (Phi) is 10.7. The average molecular weight is 954 g/mol. The molecule has 1 heteroatoms. The summed E-state index contributed by atoms with van der Waals surface area (Å²) in [7, 11) is 0. The van der Waals surface area contributed by atoms with Gasteiger partial charge < -0.3 is 4.90 Å². The Morgan fingerprint density at radius 3 is 0.947 bits per heavy atom. The molecule has 0 radical (unpaired) electrons. The third-order valence-corrected chi connectivity index (χ3v) is 16.0. The third kappa shape index (κ3) is 7.00. The number of hydrogen-bond donors (Lipinski definition) is 0. The van der Waals surface area contributed by atoms with Crippen LogP contribution in [0.2, 0.25) is 0 Å². The van der Waals surface area contributed by atoms with E-state index >= 15 is 0 Å². The highest BCUT2D eigenvalue weighted by atomic mass is 15.1. The highest BCUT2D eigenvalue weighted by Gasteiger charge is 2.47. The van der Waals surface area contributed by atoms with Gasteiger partial charge in [0.05, 0.1) is 16.5 Å². The minimum absolute atomic E-state index is 0.495. The van der Waals surface area contributed by atoms with Gasteiger partial charge in [0.15, 0.2) is 0 Å². The van der Waals surface area contributed by atoms with Crippen LogP contribution >= 0.6 is 0 Å². The van der Waals surface area contributed by atoms with Gasteiger partial charge in [0.25, 0.3) is 0 Å². The summed E-state index contributed by atoms with van der Waals surface area (Å²) < 4.78 is 0. The van der Waals surface area contributed by atoms with Crippen LogP contribution in [-0.2, 0) is 10.8 Å². The molecule has 2 aliphatic carbocycles. The summed E-state index contributed by atoms with van der Waals surface area (Å²) in [5, 5.41) is 0. The second-order valence-electron chi connectivity index (χ2n) is 19.9. The van der Waals surface area contributed by atoms with Gasteiger partial charge in [0.2, 0.25) is 0 Å². The van der Waals surface area contributed by atoms with Crippen LogP contribution < -0.4 is 4.90 Å². The zero-order valence-electron chi connectivity index (χ0n) is 41.4. The Balaban J connectivity index is 0.941. The summed E-state index contributed by atoms with van der Waals surface area (Å²) in [6.07, 6.45) is 0. The average Bonchev–Trinajstić information content (AvgIpc) is 3.97. The van der Waals surface area contributed by atoms with E-state index in [9.17, 15) is 0 Å². The van der Waals surface area contributed by atoms with Gasteiger partial charge >= 0.3 is 0 Å². The Hall–Kier alpha value is -9.56. The van der Waals surface area contributed by atoms with Crippen molar-refractivity contribution in [2.24, 2.45) is 0 Å². The van der Waals surface area contributed by atoms with Crippen LogP contribution in [0.25, 0.3) is 55.6 Å². The van der Waals surface area contributed by atoms with Gasteiger partial charge in [0.1, 0.15) is 0 Å². The van der Waals surface area contributed by atoms with Gasteiger partial charge in [-0.05, 0) is 137 Å². The molecule has 0 saturated carbocycles. The Morgan fingerprint density at radius 2 is 0.520 bits per heavy atom. The molecule has 0 N–H and O–H groups in total. The molecule has 0 amide bonds. The maximum atomic E-state index is 2.47. The van der Waals surface area contributed by atoms with Crippen LogP contribution in [0, 0.1) is 0 Å². The summed E-state index contributed by atoms with van der Waals surface area (Å²) in [5.74, 6) is 0. The Morgan fingerprint density at radius 1 is 0.200 bits per heavy atom. The van der Waals surface area contributed by atoms with Gasteiger partial charge in [-0.3, -0.25) is 0 Å². The summed E-state index contributed by atoms with van der Waals surface area (Å²) >= 11 is 0. The fourth-order valence-electron chi connectivity index (χ4n) is 12.9. The number of hydrogen-bond acceptors (Lipinski definition) is 1. The Bertz CT molecular complexity index is 3740. The van der Waals surface area contributed by atoms with E-state index in [1.54, 1.807) is 0 Å². The first-order valence-electron chi connectivity index (χ1n) is 26.1. The molecule has 12 aromatic carbocycles. The largest absolute Gasteiger partial charge is 0.310 e. The Labute approximate surface area is 440 Å². The van der Waals surface area contributed by atoms with Gasteiger partial charge in [-0.15, -0.1) is 0 Å². The predicted molar refractivity (Wildman–Crippen MR) is 312 cm³/mol.